The zero-order valence-corrected chi connectivity index (χ0v) is 23.4. The lowest BCUT2D eigenvalue weighted by molar-refractivity contribution is -0.111. The molecule has 1 amide bonds. The molecule has 13 heteroatoms. The van der Waals surface area contributed by atoms with E-state index in [0.29, 0.717) is 45.3 Å². The first-order valence-electron chi connectivity index (χ1n) is 11.8. The second-order valence-corrected chi connectivity index (χ2v) is 10.1. The molecule has 0 saturated carbocycles. The molecule has 40 heavy (non-hydrogen) atoms. The molecule has 0 unspecified atom stereocenters. The number of anilines is 4. The standard InChI is InChI=1S/C27H25N7O4S2/c1-36-20-10-18(11-21(37-2)23(20)38-3)32-27-34-25(28)24(40-27)26-33-19(13-39-26)15-5-4-6-16(9-15)31-22(35)8-7-17-12-29-14-30-17/h4-14H,28H2,1-3H3,(H,29,30)(H,31,35)(H,32,34). The number of aromatic amines is 1. The number of nitrogens with one attached hydrogen (secondary N) is 3. The average Bonchev–Trinajstić information content (AvgIpc) is 3.73. The molecule has 0 aliphatic heterocycles. The number of benzene rings is 2. The minimum Gasteiger partial charge on any atom is -0.493 e. The van der Waals surface area contributed by atoms with E-state index in [1.54, 1.807) is 52.1 Å². The Hall–Kier alpha value is -4.88. The summed E-state index contributed by atoms with van der Waals surface area (Å²) in [5.41, 5.74) is 9.91. The molecule has 5 aromatic rings. The number of methoxy groups -OCH3 is 3. The van der Waals surface area contributed by atoms with Gasteiger partial charge in [-0.05, 0) is 18.2 Å². The van der Waals surface area contributed by atoms with E-state index in [-0.39, 0.29) is 5.91 Å². The Kier molecular flexibility index (Phi) is 7.94. The molecule has 0 spiro atoms. The van der Waals surface area contributed by atoms with E-state index in [1.165, 1.54) is 28.7 Å². The summed E-state index contributed by atoms with van der Waals surface area (Å²) >= 11 is 2.85. The number of nitrogen functional groups attached to an aromatic ring is 1. The zero-order chi connectivity index (χ0) is 28.1. The highest BCUT2D eigenvalue weighted by Crippen LogP contribution is 2.43. The lowest BCUT2D eigenvalue weighted by atomic mass is 10.1. The second-order valence-electron chi connectivity index (χ2n) is 8.21. The van der Waals surface area contributed by atoms with E-state index in [4.69, 9.17) is 24.9 Å². The van der Waals surface area contributed by atoms with Gasteiger partial charge in [0.25, 0.3) is 0 Å². The van der Waals surface area contributed by atoms with Crippen LogP contribution < -0.4 is 30.6 Å². The van der Waals surface area contributed by atoms with Crippen molar-refractivity contribution in [2.24, 2.45) is 0 Å². The highest BCUT2D eigenvalue weighted by Gasteiger charge is 2.18. The largest absolute Gasteiger partial charge is 0.493 e. The van der Waals surface area contributed by atoms with Crippen molar-refractivity contribution >= 4 is 57.0 Å². The topological polar surface area (TPSA) is 149 Å². The summed E-state index contributed by atoms with van der Waals surface area (Å²) in [7, 11) is 4.67. The molecular weight excluding hydrogens is 550 g/mol. The van der Waals surface area contributed by atoms with Gasteiger partial charge in [-0.25, -0.2) is 15.0 Å². The SMILES string of the molecule is COc1cc(Nc2nc(N)c(-c3nc(-c4cccc(NC(=O)C=Cc5c[nH]cn5)c4)cs3)s2)cc(OC)c1OC. The maximum absolute atomic E-state index is 12.3. The van der Waals surface area contributed by atoms with Crippen LogP contribution in [0.1, 0.15) is 5.69 Å². The van der Waals surface area contributed by atoms with Crippen molar-refractivity contribution in [3.63, 3.8) is 0 Å². The molecule has 0 radical (unpaired) electrons. The first-order chi connectivity index (χ1) is 19.5. The van der Waals surface area contributed by atoms with Crippen molar-refractivity contribution in [2.45, 2.75) is 0 Å². The summed E-state index contributed by atoms with van der Waals surface area (Å²) in [5, 5.41) is 9.39. The Labute approximate surface area is 237 Å². The van der Waals surface area contributed by atoms with Crippen LogP contribution in [0.3, 0.4) is 0 Å². The summed E-state index contributed by atoms with van der Waals surface area (Å²) < 4.78 is 16.3. The summed E-state index contributed by atoms with van der Waals surface area (Å²) in [5.74, 6) is 1.64. The number of hydrogen-bond acceptors (Lipinski definition) is 11. The van der Waals surface area contributed by atoms with E-state index in [1.807, 2.05) is 29.6 Å². The first-order valence-corrected chi connectivity index (χ1v) is 13.5. The number of hydrogen-bond donors (Lipinski definition) is 4. The first kappa shape index (κ1) is 26.7. The van der Waals surface area contributed by atoms with Gasteiger partial charge in [0.2, 0.25) is 11.7 Å². The fourth-order valence-electron chi connectivity index (χ4n) is 3.79. The monoisotopic (exact) mass is 575 g/mol. The van der Waals surface area contributed by atoms with Crippen LogP contribution in [0.5, 0.6) is 17.2 Å². The normalized spacial score (nSPS) is 11.0. The third-order valence-electron chi connectivity index (χ3n) is 5.62. The van der Waals surface area contributed by atoms with Gasteiger partial charge in [-0.2, -0.15) is 0 Å². The fourth-order valence-corrected chi connectivity index (χ4v) is 5.62. The van der Waals surface area contributed by atoms with Gasteiger partial charge < -0.3 is 35.6 Å². The fraction of sp³-hybridized carbons (Fsp3) is 0.111. The van der Waals surface area contributed by atoms with E-state index in [0.717, 1.165) is 21.1 Å². The number of nitrogens with zero attached hydrogens (tertiary/aromatic N) is 3. The maximum Gasteiger partial charge on any atom is 0.248 e. The van der Waals surface area contributed by atoms with Crippen molar-refractivity contribution in [1.82, 2.24) is 19.9 Å². The van der Waals surface area contributed by atoms with E-state index < -0.39 is 0 Å². The van der Waals surface area contributed by atoms with Gasteiger partial charge in [-0.3, -0.25) is 4.79 Å². The number of imidazole rings is 1. The van der Waals surface area contributed by atoms with E-state index >= 15 is 0 Å². The minimum absolute atomic E-state index is 0.260. The van der Waals surface area contributed by atoms with Gasteiger partial charge in [0.15, 0.2) is 16.6 Å². The van der Waals surface area contributed by atoms with Crippen molar-refractivity contribution < 1.29 is 19.0 Å². The third-order valence-corrected chi connectivity index (χ3v) is 7.60. The molecule has 2 aromatic carbocycles. The van der Waals surface area contributed by atoms with Gasteiger partial charge >= 0.3 is 0 Å². The molecular formula is C27H25N7O4S2. The number of amides is 1. The molecule has 0 fully saturated rings. The lowest BCUT2D eigenvalue weighted by Gasteiger charge is -2.14. The molecule has 5 N–H and O–H groups in total. The molecule has 3 heterocycles. The number of thiazole rings is 2. The van der Waals surface area contributed by atoms with Crippen LogP contribution in [0.2, 0.25) is 0 Å². The van der Waals surface area contributed by atoms with Crippen LogP contribution in [0.15, 0.2) is 60.4 Å². The van der Waals surface area contributed by atoms with Crippen molar-refractivity contribution in [1.29, 1.82) is 0 Å². The van der Waals surface area contributed by atoms with Crippen LogP contribution in [-0.2, 0) is 4.79 Å². The summed E-state index contributed by atoms with van der Waals surface area (Å²) in [6.45, 7) is 0. The van der Waals surface area contributed by atoms with Crippen LogP contribution in [0.4, 0.5) is 22.3 Å². The number of nitrogens with two attached hydrogens (primary N) is 1. The number of ether oxygens (including phenoxy) is 3. The molecule has 0 bridgehead atoms. The number of rotatable bonds is 10. The molecule has 3 aromatic heterocycles. The molecule has 5 rings (SSSR count). The molecule has 11 nitrogen and oxygen atoms in total. The summed E-state index contributed by atoms with van der Waals surface area (Å²) in [6.07, 6.45) is 6.31. The highest BCUT2D eigenvalue weighted by molar-refractivity contribution is 7.23. The number of aromatic nitrogens is 4. The minimum atomic E-state index is -0.260. The van der Waals surface area contributed by atoms with Crippen LogP contribution in [-0.4, -0.2) is 47.2 Å². The van der Waals surface area contributed by atoms with Gasteiger partial charge in [-0.15, -0.1) is 11.3 Å². The molecule has 0 saturated heterocycles. The van der Waals surface area contributed by atoms with Gasteiger partial charge in [0, 0.05) is 46.7 Å². The quantitative estimate of drug-likeness (QED) is 0.155. The molecule has 204 valence electrons. The van der Waals surface area contributed by atoms with Gasteiger partial charge in [-0.1, -0.05) is 23.5 Å². The highest BCUT2D eigenvalue weighted by atomic mass is 32.1. The second kappa shape index (κ2) is 11.9. The van der Waals surface area contributed by atoms with Gasteiger partial charge in [0.05, 0.1) is 39.0 Å². The Morgan fingerprint density at radius 1 is 1.05 bits per heavy atom. The average molecular weight is 576 g/mol. The van der Waals surface area contributed by atoms with Crippen LogP contribution in [0.25, 0.3) is 27.2 Å². The Balaban J connectivity index is 1.32. The van der Waals surface area contributed by atoms with Gasteiger partial charge in [0.1, 0.15) is 15.7 Å². The predicted octanol–water partition coefficient (Wildman–Crippen LogP) is 5.66. The predicted molar refractivity (Wildman–Crippen MR) is 159 cm³/mol. The van der Waals surface area contributed by atoms with Crippen molar-refractivity contribution in [3.8, 4) is 38.4 Å². The van der Waals surface area contributed by atoms with Crippen molar-refractivity contribution in [2.75, 3.05) is 37.7 Å². The van der Waals surface area contributed by atoms with Crippen LogP contribution in [0, 0.1) is 0 Å². The number of carbonyl (C=O) groups excluding carboxylic acids is 1. The maximum atomic E-state index is 12.3. The lowest BCUT2D eigenvalue weighted by Crippen LogP contribution is -2.07. The Morgan fingerprint density at radius 3 is 2.55 bits per heavy atom. The van der Waals surface area contributed by atoms with Crippen molar-refractivity contribution in [3.05, 3.63) is 66.1 Å². The molecule has 0 aliphatic rings. The zero-order valence-electron chi connectivity index (χ0n) is 21.7. The molecule has 0 atom stereocenters. The third kappa shape index (κ3) is 5.90. The Morgan fingerprint density at radius 2 is 1.85 bits per heavy atom. The Bertz CT molecular complexity index is 1640. The van der Waals surface area contributed by atoms with E-state index in [9.17, 15) is 4.79 Å². The molecule has 0 aliphatic carbocycles. The number of carbonyl (C=O) groups is 1. The van der Waals surface area contributed by atoms with E-state index in [2.05, 4.69) is 25.6 Å². The van der Waals surface area contributed by atoms with Crippen LogP contribution >= 0.6 is 22.7 Å². The number of H-pyrrole nitrogens is 1. The summed E-state index contributed by atoms with van der Waals surface area (Å²) in [6, 6.07) is 11.1. The summed E-state index contributed by atoms with van der Waals surface area (Å²) in [4.78, 5) is 29.2. The smallest absolute Gasteiger partial charge is 0.248 e.